The summed E-state index contributed by atoms with van der Waals surface area (Å²) in [6.45, 7) is 6.39. The van der Waals surface area contributed by atoms with E-state index in [4.69, 9.17) is 66.6 Å². The van der Waals surface area contributed by atoms with Gasteiger partial charge in [0.2, 0.25) is 47.6 Å². The fraction of sp³-hybridized carbons (Fsp3) is 0.367. The van der Waals surface area contributed by atoms with Crippen LogP contribution in [0.1, 0.15) is 55.2 Å². The third kappa shape index (κ3) is 43.2. The molecule has 0 aliphatic rings. The molecule has 0 unspecified atom stereocenters. The van der Waals surface area contributed by atoms with Crippen LogP contribution >= 0.6 is 12.4 Å². The molecule has 0 aliphatic carbocycles. The number of aliphatic imine (C=N–C) groups is 2. The van der Waals surface area contributed by atoms with E-state index in [-0.39, 0.29) is 121 Å². The van der Waals surface area contributed by atoms with Gasteiger partial charge in [0.15, 0.2) is 0 Å². The molecule has 102 heavy (non-hydrogen) atoms. The molecule has 548 valence electrons. The number of nitrogen functional groups attached to an aromatic ring is 1. The van der Waals surface area contributed by atoms with Crippen molar-refractivity contribution in [2.45, 2.75) is 77.4 Å². The van der Waals surface area contributed by atoms with Crippen molar-refractivity contribution >= 4 is 94.2 Å². The van der Waals surface area contributed by atoms with Crippen LogP contribution in [0.15, 0.2) is 107 Å². The standard InChI is InChI=1S/C42H51F6N15O2.C9H21N9.C7H6F3NO.C2N3.ClH.Na/c1-26-6-8-27(9-7-26)22-31(51)24-29(49)4-2-18-56-38-61-39(57-19-3-5-30(50)25-32(52)23-28-10-14-34(15-11-28)64-41(43,44)45)63-40(62-38)58-21-20-55-36(53)60-37(54)59-33-12-16-35(17-13-33)65-42(46,47)48;10-1-4-13-7-16-8(14-5-2-11)18-9(17-7)15-6-3-12;8-7(9,10)12-6-3-1-5(11)2-4-6;3-1-5-2-4;;/h6-17,49-52H,2-5,18-25H2,1H3,(H5,53,54,55,59,60)(H3,56,57,58,61,62,63);1-6,10-12H2,(H3,13,14,15,16,17,18);1-4H,11H2;;1H;/q;;;-1;;+1. The van der Waals surface area contributed by atoms with Crippen LogP contribution in [-0.2, 0) is 12.8 Å². The first kappa shape index (κ1) is 89.7. The van der Waals surface area contributed by atoms with E-state index >= 15 is 0 Å². The summed E-state index contributed by atoms with van der Waals surface area (Å²) in [5.41, 5.74) is 38.2. The minimum atomic E-state index is -4.82. The Kier molecular flexibility index (Phi) is 42.6. The molecule has 6 aromatic rings. The van der Waals surface area contributed by atoms with Gasteiger partial charge >= 0.3 is 48.6 Å². The van der Waals surface area contributed by atoms with Gasteiger partial charge in [-0.2, -0.15) is 34.9 Å². The van der Waals surface area contributed by atoms with Crippen molar-refractivity contribution in [3.05, 3.63) is 119 Å². The van der Waals surface area contributed by atoms with Crippen LogP contribution in [-0.4, -0.2) is 149 Å². The normalized spacial score (nSPS) is 10.9. The van der Waals surface area contributed by atoms with Gasteiger partial charge in [-0.1, -0.05) is 42.0 Å². The van der Waals surface area contributed by atoms with Crippen LogP contribution in [0.3, 0.4) is 0 Å². The minimum absolute atomic E-state index is 0. The Bertz CT molecular complexity index is 3550. The summed E-state index contributed by atoms with van der Waals surface area (Å²) in [6, 6.07) is 23.0. The Morgan fingerprint density at radius 1 is 0.500 bits per heavy atom. The summed E-state index contributed by atoms with van der Waals surface area (Å²) < 4.78 is 121. The number of nitrogens with two attached hydrogens (primary N) is 6. The molecule has 0 fully saturated rings. The molecule has 0 atom stereocenters. The van der Waals surface area contributed by atoms with E-state index in [9.17, 15) is 39.5 Å². The molecule has 0 bridgehead atoms. The van der Waals surface area contributed by atoms with E-state index in [0.717, 1.165) is 35.4 Å². The molecule has 31 nitrogen and oxygen atoms in total. The number of nitrogens with zero attached hydrogens (tertiary/aromatic N) is 11. The van der Waals surface area contributed by atoms with E-state index in [2.05, 4.69) is 96.6 Å². The number of hydrogen-bond acceptors (Lipinski definition) is 26. The van der Waals surface area contributed by atoms with Gasteiger partial charge < -0.3 is 118 Å². The molecule has 6 rings (SSSR count). The van der Waals surface area contributed by atoms with Crippen LogP contribution in [0.2, 0.25) is 0 Å². The largest absolute Gasteiger partial charge is 1.00 e. The number of aromatic nitrogens is 6. The quantitative estimate of drug-likeness (QED) is 0.00428. The number of anilines is 8. The first-order chi connectivity index (χ1) is 47.4. The van der Waals surface area contributed by atoms with Crippen molar-refractivity contribution < 1.29 is 83.3 Å². The SMILES string of the molecule is Cc1ccc(CC(=N)CC(=N)CCCNc2nc(NCCCC(=N)CC(=N)Cc3ccc(OC(F)(F)F)cc3)nc(NCCN=C(N)N=C(N)Nc3ccc(OC(F)(F)F)cc3)n2)cc1.Cl.N#C[N-]C#N.NCCNc1nc(NCCN)nc(NCCN)n1.Nc1ccc(OC(F)(F)F)cc1.[Na+]. The van der Waals surface area contributed by atoms with E-state index in [1.807, 2.05) is 31.2 Å². The number of hydrogen-bond donors (Lipinski definition) is 17. The minimum Gasteiger partial charge on any atom is -0.406 e. The summed E-state index contributed by atoms with van der Waals surface area (Å²) in [5, 5.41) is 71.8. The van der Waals surface area contributed by atoms with E-state index in [1.54, 1.807) is 0 Å². The Balaban J connectivity index is 0.00000114. The number of rotatable bonds is 35. The van der Waals surface area contributed by atoms with Crippen LogP contribution in [0, 0.1) is 51.5 Å². The van der Waals surface area contributed by atoms with Gasteiger partial charge in [-0.15, -0.1) is 51.9 Å². The third-order valence-corrected chi connectivity index (χ3v) is 11.9. The predicted molar refractivity (Wildman–Crippen MR) is 372 cm³/mol. The van der Waals surface area contributed by atoms with Gasteiger partial charge in [-0.3, -0.25) is 5.32 Å². The molecule has 23 N–H and O–H groups in total. The maximum absolute atomic E-state index is 12.5. The Labute approximate surface area is 609 Å². The topological polar surface area (TPSA) is 527 Å². The maximum atomic E-state index is 12.5. The summed E-state index contributed by atoms with van der Waals surface area (Å²) in [4.78, 5) is 34.0. The van der Waals surface area contributed by atoms with Gasteiger partial charge in [0.05, 0.1) is 6.54 Å². The predicted octanol–water partition coefficient (Wildman–Crippen LogP) is 5.76. The van der Waals surface area contributed by atoms with Crippen molar-refractivity contribution in [3.63, 3.8) is 0 Å². The van der Waals surface area contributed by atoms with E-state index in [1.165, 1.54) is 60.9 Å². The second-order valence-corrected chi connectivity index (χ2v) is 20.4. The molecule has 0 amide bonds. The third-order valence-electron chi connectivity index (χ3n) is 11.9. The van der Waals surface area contributed by atoms with Crippen LogP contribution in [0.5, 0.6) is 17.2 Å². The number of halogens is 10. The second kappa shape index (κ2) is 48.4. The van der Waals surface area contributed by atoms with Crippen molar-refractivity contribution in [3.8, 4) is 29.6 Å². The van der Waals surface area contributed by atoms with Crippen molar-refractivity contribution in [2.24, 2.45) is 38.7 Å². The summed E-state index contributed by atoms with van der Waals surface area (Å²) in [7, 11) is 0. The second-order valence-electron chi connectivity index (χ2n) is 20.4. The number of ether oxygens (including phenoxy) is 3. The molecular weight excluding hydrogens is 1390 g/mol. The van der Waals surface area contributed by atoms with Crippen LogP contribution in [0.4, 0.5) is 86.6 Å². The fourth-order valence-corrected chi connectivity index (χ4v) is 7.71. The molecule has 0 aliphatic heterocycles. The fourth-order valence-electron chi connectivity index (χ4n) is 7.71. The average Bonchev–Trinajstić information content (AvgIpc) is 0.896. The van der Waals surface area contributed by atoms with Crippen LogP contribution in [0.25, 0.3) is 5.32 Å². The maximum Gasteiger partial charge on any atom is 1.00 e. The smallest absolute Gasteiger partial charge is 0.406 e. The van der Waals surface area contributed by atoms with Crippen molar-refractivity contribution in [1.29, 1.82) is 32.2 Å². The van der Waals surface area contributed by atoms with Gasteiger partial charge in [-0.05, 0) is 104 Å². The molecule has 42 heteroatoms. The molecule has 0 spiro atoms. The number of guanidine groups is 2. The number of nitriles is 2. The van der Waals surface area contributed by atoms with Gasteiger partial charge in [-0.25, -0.2) is 4.99 Å². The Morgan fingerprint density at radius 2 is 0.824 bits per heavy atom. The van der Waals surface area contributed by atoms with E-state index in [0.29, 0.717) is 136 Å². The van der Waals surface area contributed by atoms with Crippen LogP contribution < -0.4 is 115 Å². The first-order valence-corrected chi connectivity index (χ1v) is 30.0. The number of benzene rings is 4. The molecule has 0 saturated heterocycles. The molecule has 2 heterocycles. The van der Waals surface area contributed by atoms with Gasteiger partial charge in [0, 0.05) is 131 Å². The monoisotopic (exact) mass is 1470 g/mol. The molecular formula is C60H79ClF9N28NaO3. The summed E-state index contributed by atoms with van der Waals surface area (Å²) in [5.74, 6) is 0.691. The molecule has 2 aromatic heterocycles. The average molecular weight is 1470 g/mol. The number of aryl methyl sites for hydroxylation is 1. The Morgan fingerprint density at radius 3 is 1.16 bits per heavy atom. The molecule has 4 aromatic carbocycles. The van der Waals surface area contributed by atoms with Crippen molar-refractivity contribution in [2.75, 3.05) is 108 Å². The van der Waals surface area contributed by atoms with Crippen molar-refractivity contribution in [1.82, 2.24) is 29.9 Å². The molecule has 0 radical (unpaired) electrons. The first-order valence-electron chi connectivity index (χ1n) is 30.0. The zero-order valence-corrected chi connectivity index (χ0v) is 58.2. The molecule has 0 saturated carbocycles. The Hall–Kier alpha value is -10.4. The summed E-state index contributed by atoms with van der Waals surface area (Å²) in [6.07, 6.45) is -8.79. The summed E-state index contributed by atoms with van der Waals surface area (Å²) >= 11 is 0. The number of alkyl halides is 9. The zero-order valence-electron chi connectivity index (χ0n) is 55.4. The zero-order chi connectivity index (χ0) is 73.9. The van der Waals surface area contributed by atoms with E-state index < -0.39 is 24.8 Å². The van der Waals surface area contributed by atoms with Gasteiger partial charge in [0.1, 0.15) is 17.2 Å². The van der Waals surface area contributed by atoms with Gasteiger partial charge in [0.25, 0.3) is 0 Å². The number of nitrogens with one attached hydrogen (secondary N) is 11.